The van der Waals surface area contributed by atoms with Crippen LogP contribution in [0.1, 0.15) is 34.6 Å². The highest BCUT2D eigenvalue weighted by atomic mass is 16.6. The summed E-state index contributed by atoms with van der Waals surface area (Å²) < 4.78 is 5.03. The van der Waals surface area contributed by atoms with Gasteiger partial charge in [-0.05, 0) is 27.7 Å². The van der Waals surface area contributed by atoms with Crippen LogP contribution in [0.4, 0.5) is 0 Å². The third kappa shape index (κ3) is 2.23. The Morgan fingerprint density at radius 3 is 2.00 bits per heavy atom. The molecule has 0 aliphatic carbocycles. The van der Waals surface area contributed by atoms with Crippen molar-refractivity contribution in [2.45, 2.75) is 40.2 Å². The lowest BCUT2D eigenvalue weighted by molar-refractivity contribution is -0.161. The molecular formula is C9H15NO2. The lowest BCUT2D eigenvalue weighted by atomic mass is 9.78. The monoisotopic (exact) mass is 169 g/mol. The topological polar surface area (TPSA) is 50.1 Å². The molecule has 0 aromatic heterocycles. The maximum absolute atomic E-state index is 10.7. The maximum Gasteiger partial charge on any atom is 0.303 e. The zero-order chi connectivity index (χ0) is 9.99. The van der Waals surface area contributed by atoms with E-state index in [1.54, 1.807) is 27.7 Å². The molecule has 0 radical (unpaired) electrons. The van der Waals surface area contributed by atoms with Crippen molar-refractivity contribution in [2.24, 2.45) is 5.41 Å². The molecule has 0 spiro atoms. The van der Waals surface area contributed by atoms with E-state index in [1.165, 1.54) is 6.92 Å². The Kier molecular flexibility index (Phi) is 2.87. The van der Waals surface area contributed by atoms with Crippen LogP contribution in [0.5, 0.6) is 0 Å². The lowest BCUT2D eigenvalue weighted by Crippen LogP contribution is -2.41. The van der Waals surface area contributed by atoms with Crippen LogP contribution in [0.3, 0.4) is 0 Å². The van der Waals surface area contributed by atoms with Gasteiger partial charge in [0.25, 0.3) is 0 Å². The summed E-state index contributed by atoms with van der Waals surface area (Å²) in [4.78, 5) is 10.7. The van der Waals surface area contributed by atoms with E-state index >= 15 is 0 Å². The van der Waals surface area contributed by atoms with E-state index in [0.29, 0.717) is 0 Å². The van der Waals surface area contributed by atoms with Crippen molar-refractivity contribution in [3.8, 4) is 6.07 Å². The lowest BCUT2D eigenvalue weighted by Gasteiger charge is -2.34. The van der Waals surface area contributed by atoms with Gasteiger partial charge in [0.15, 0.2) is 0 Å². The van der Waals surface area contributed by atoms with E-state index in [4.69, 9.17) is 10.00 Å². The SMILES string of the molecule is CC(=O)OC(C)(C)C(C)(C)C#N. The molecule has 0 aromatic carbocycles. The average molecular weight is 169 g/mol. The number of ether oxygens (including phenoxy) is 1. The first-order chi connectivity index (χ1) is 5.23. The Morgan fingerprint density at radius 2 is 1.75 bits per heavy atom. The number of hydrogen-bond donors (Lipinski definition) is 0. The summed E-state index contributed by atoms with van der Waals surface area (Å²) >= 11 is 0. The fourth-order valence-corrected chi connectivity index (χ4v) is 0.622. The molecule has 12 heavy (non-hydrogen) atoms. The van der Waals surface area contributed by atoms with Gasteiger partial charge in [-0.25, -0.2) is 0 Å². The minimum absolute atomic E-state index is 0.358. The first-order valence-corrected chi connectivity index (χ1v) is 3.84. The zero-order valence-electron chi connectivity index (χ0n) is 8.26. The highest BCUT2D eigenvalue weighted by Crippen LogP contribution is 2.32. The van der Waals surface area contributed by atoms with Crippen molar-refractivity contribution < 1.29 is 9.53 Å². The second kappa shape index (κ2) is 3.14. The van der Waals surface area contributed by atoms with Gasteiger partial charge in [-0.1, -0.05) is 0 Å². The molecule has 0 bridgehead atoms. The molecule has 0 aromatic rings. The van der Waals surface area contributed by atoms with Crippen LogP contribution in [-0.4, -0.2) is 11.6 Å². The molecule has 0 aliphatic rings. The second-order valence-electron chi connectivity index (χ2n) is 3.84. The Morgan fingerprint density at radius 1 is 1.33 bits per heavy atom. The van der Waals surface area contributed by atoms with E-state index < -0.39 is 11.0 Å². The first-order valence-electron chi connectivity index (χ1n) is 3.84. The smallest absolute Gasteiger partial charge is 0.303 e. The number of nitrogens with zero attached hydrogens (tertiary/aromatic N) is 1. The number of carbonyl (C=O) groups excluding carboxylic acids is 1. The summed E-state index contributed by atoms with van der Waals surface area (Å²) in [6.07, 6.45) is 0. The number of rotatable bonds is 2. The molecule has 0 saturated heterocycles. The van der Waals surface area contributed by atoms with Crippen LogP contribution in [-0.2, 0) is 9.53 Å². The van der Waals surface area contributed by atoms with Crippen molar-refractivity contribution in [1.82, 2.24) is 0 Å². The van der Waals surface area contributed by atoms with Gasteiger partial charge in [0.2, 0.25) is 0 Å². The van der Waals surface area contributed by atoms with Crippen molar-refractivity contribution in [2.75, 3.05) is 0 Å². The third-order valence-electron chi connectivity index (χ3n) is 2.18. The molecule has 0 aliphatic heterocycles. The Labute approximate surface area is 73.3 Å². The largest absolute Gasteiger partial charge is 0.458 e. The third-order valence-corrected chi connectivity index (χ3v) is 2.18. The molecule has 0 N–H and O–H groups in total. The van der Waals surface area contributed by atoms with Gasteiger partial charge in [0.05, 0.1) is 11.5 Å². The molecule has 0 atom stereocenters. The molecule has 0 rings (SSSR count). The summed E-state index contributed by atoms with van der Waals surface area (Å²) in [5, 5.41) is 8.80. The van der Waals surface area contributed by atoms with Gasteiger partial charge in [0.1, 0.15) is 5.60 Å². The minimum Gasteiger partial charge on any atom is -0.458 e. The van der Waals surface area contributed by atoms with E-state index in [0.717, 1.165) is 0 Å². The predicted molar refractivity (Wildman–Crippen MR) is 45.2 cm³/mol. The van der Waals surface area contributed by atoms with Crippen LogP contribution >= 0.6 is 0 Å². The van der Waals surface area contributed by atoms with Crippen LogP contribution in [0.15, 0.2) is 0 Å². The summed E-state index contributed by atoms with van der Waals surface area (Å²) in [6, 6.07) is 2.11. The Bertz CT molecular complexity index is 223. The number of esters is 1. The van der Waals surface area contributed by atoms with Crippen LogP contribution in [0, 0.1) is 16.7 Å². The number of carbonyl (C=O) groups is 1. The predicted octanol–water partition coefficient (Wildman–Crippen LogP) is 1.88. The minimum atomic E-state index is -0.742. The normalized spacial score (nSPS) is 12.0. The Hall–Kier alpha value is -1.04. The van der Waals surface area contributed by atoms with Crippen molar-refractivity contribution >= 4 is 5.97 Å². The molecular weight excluding hydrogens is 154 g/mol. The molecule has 0 heterocycles. The number of nitriles is 1. The average Bonchev–Trinajstić information content (AvgIpc) is 1.84. The van der Waals surface area contributed by atoms with Crippen LogP contribution in [0.2, 0.25) is 0 Å². The highest BCUT2D eigenvalue weighted by molar-refractivity contribution is 5.66. The molecule has 0 fully saturated rings. The van der Waals surface area contributed by atoms with Gasteiger partial charge in [-0.2, -0.15) is 5.26 Å². The van der Waals surface area contributed by atoms with Gasteiger partial charge in [-0.15, -0.1) is 0 Å². The summed E-state index contributed by atoms with van der Waals surface area (Å²) in [5.41, 5.74) is -1.41. The van der Waals surface area contributed by atoms with Crippen molar-refractivity contribution in [3.05, 3.63) is 0 Å². The molecule has 0 amide bonds. The molecule has 3 nitrogen and oxygen atoms in total. The quantitative estimate of drug-likeness (QED) is 0.593. The molecule has 0 saturated carbocycles. The molecule has 68 valence electrons. The summed E-state index contributed by atoms with van der Waals surface area (Å²) in [6.45, 7) is 8.30. The molecule has 0 unspecified atom stereocenters. The van der Waals surface area contributed by atoms with Gasteiger partial charge in [-0.3, -0.25) is 4.79 Å². The van der Waals surface area contributed by atoms with Gasteiger partial charge in [0, 0.05) is 6.92 Å². The van der Waals surface area contributed by atoms with E-state index in [2.05, 4.69) is 6.07 Å². The fourth-order valence-electron chi connectivity index (χ4n) is 0.622. The van der Waals surface area contributed by atoms with E-state index in [9.17, 15) is 4.79 Å². The first kappa shape index (κ1) is 11.0. The maximum atomic E-state index is 10.7. The van der Waals surface area contributed by atoms with Crippen molar-refractivity contribution in [1.29, 1.82) is 5.26 Å². The second-order valence-corrected chi connectivity index (χ2v) is 3.84. The summed E-state index contributed by atoms with van der Waals surface area (Å²) in [5.74, 6) is -0.358. The van der Waals surface area contributed by atoms with E-state index in [1.807, 2.05) is 0 Å². The summed E-state index contributed by atoms with van der Waals surface area (Å²) in [7, 11) is 0. The van der Waals surface area contributed by atoms with Crippen LogP contribution in [0.25, 0.3) is 0 Å². The van der Waals surface area contributed by atoms with E-state index in [-0.39, 0.29) is 5.97 Å². The zero-order valence-corrected chi connectivity index (χ0v) is 8.26. The van der Waals surface area contributed by atoms with Gasteiger partial charge >= 0.3 is 5.97 Å². The van der Waals surface area contributed by atoms with Crippen LogP contribution < -0.4 is 0 Å². The highest BCUT2D eigenvalue weighted by Gasteiger charge is 2.40. The standard InChI is InChI=1S/C9H15NO2/c1-7(11)12-9(4,5)8(2,3)6-10/h1-5H3. The van der Waals surface area contributed by atoms with Gasteiger partial charge < -0.3 is 4.74 Å². The van der Waals surface area contributed by atoms with Crippen molar-refractivity contribution in [3.63, 3.8) is 0 Å². The number of hydrogen-bond acceptors (Lipinski definition) is 3. The Balaban J connectivity index is 4.63. The molecule has 3 heteroatoms. The fraction of sp³-hybridized carbons (Fsp3) is 0.778.